The lowest BCUT2D eigenvalue weighted by Crippen LogP contribution is -2.25. The first-order chi connectivity index (χ1) is 9.49. The monoisotopic (exact) mass is 277 g/mol. The van der Waals surface area contributed by atoms with Crippen LogP contribution in [0.25, 0.3) is 0 Å². The second-order valence-electron chi connectivity index (χ2n) is 5.51. The molecule has 0 saturated carbocycles. The molecule has 1 aliphatic heterocycles. The van der Waals surface area contributed by atoms with Crippen LogP contribution in [-0.2, 0) is 4.74 Å². The third kappa shape index (κ3) is 3.22. The van der Waals surface area contributed by atoms with E-state index in [2.05, 4.69) is 12.2 Å². The minimum absolute atomic E-state index is 0.0248. The zero-order valence-electron chi connectivity index (χ0n) is 12.3. The Balaban J connectivity index is 2.13. The first-order valence-electron chi connectivity index (χ1n) is 6.95. The van der Waals surface area contributed by atoms with Gasteiger partial charge < -0.3 is 20.7 Å². The molecule has 3 N–H and O–H groups in total. The van der Waals surface area contributed by atoms with Crippen LogP contribution in [0, 0.1) is 5.92 Å². The minimum Gasteiger partial charge on any atom is -0.399 e. The van der Waals surface area contributed by atoms with Gasteiger partial charge in [0.05, 0.1) is 11.7 Å². The van der Waals surface area contributed by atoms with Gasteiger partial charge in [0, 0.05) is 44.5 Å². The van der Waals surface area contributed by atoms with E-state index in [-0.39, 0.29) is 12.0 Å². The zero-order chi connectivity index (χ0) is 14.7. The summed E-state index contributed by atoms with van der Waals surface area (Å²) in [6.45, 7) is 3.69. The van der Waals surface area contributed by atoms with Gasteiger partial charge in [-0.1, -0.05) is 0 Å². The average Bonchev–Trinajstić information content (AvgIpc) is 2.81. The molecular formula is C15H23N3O2. The number of nitrogens with zero attached hydrogens (tertiary/aromatic N) is 1. The van der Waals surface area contributed by atoms with E-state index in [1.807, 2.05) is 6.07 Å². The summed E-state index contributed by atoms with van der Waals surface area (Å²) in [7, 11) is 3.49. The van der Waals surface area contributed by atoms with Gasteiger partial charge in [-0.25, -0.2) is 0 Å². The second kappa shape index (κ2) is 6.13. The SMILES string of the molecule is CC1OCCC1CNc1cc(N)ccc1C(=O)N(C)C. The van der Waals surface area contributed by atoms with Crippen LogP contribution in [-0.4, -0.2) is 44.2 Å². The molecule has 5 heteroatoms. The number of nitrogens with one attached hydrogen (secondary N) is 1. The van der Waals surface area contributed by atoms with Crippen LogP contribution in [0.1, 0.15) is 23.7 Å². The number of carbonyl (C=O) groups is 1. The van der Waals surface area contributed by atoms with E-state index in [9.17, 15) is 4.79 Å². The average molecular weight is 277 g/mol. The van der Waals surface area contributed by atoms with Crippen LogP contribution < -0.4 is 11.1 Å². The fraction of sp³-hybridized carbons (Fsp3) is 0.533. The molecule has 0 radical (unpaired) electrons. The third-order valence-electron chi connectivity index (χ3n) is 3.77. The number of carbonyl (C=O) groups excluding carboxylic acids is 1. The normalized spacial score (nSPS) is 21.8. The lowest BCUT2D eigenvalue weighted by molar-refractivity contribution is 0.0828. The first-order valence-corrected chi connectivity index (χ1v) is 6.95. The zero-order valence-corrected chi connectivity index (χ0v) is 12.3. The molecule has 0 aliphatic carbocycles. The molecule has 2 unspecified atom stereocenters. The number of ether oxygens (including phenoxy) is 1. The Labute approximate surface area is 120 Å². The van der Waals surface area contributed by atoms with E-state index in [4.69, 9.17) is 10.5 Å². The van der Waals surface area contributed by atoms with Gasteiger partial charge in [-0.2, -0.15) is 0 Å². The first kappa shape index (κ1) is 14.7. The van der Waals surface area contributed by atoms with Gasteiger partial charge in [0.2, 0.25) is 0 Å². The number of amides is 1. The lowest BCUT2D eigenvalue weighted by atomic mass is 10.0. The van der Waals surface area contributed by atoms with Crippen molar-refractivity contribution in [1.29, 1.82) is 0 Å². The Morgan fingerprint density at radius 1 is 1.50 bits per heavy atom. The molecule has 1 aromatic carbocycles. The minimum atomic E-state index is -0.0248. The molecule has 0 aromatic heterocycles. The molecule has 2 atom stereocenters. The van der Waals surface area contributed by atoms with Crippen LogP contribution >= 0.6 is 0 Å². The van der Waals surface area contributed by atoms with E-state index in [1.54, 1.807) is 31.1 Å². The van der Waals surface area contributed by atoms with Crippen LogP contribution in [0.5, 0.6) is 0 Å². The summed E-state index contributed by atoms with van der Waals surface area (Å²) in [5, 5.41) is 3.35. The highest BCUT2D eigenvalue weighted by Crippen LogP contribution is 2.24. The maximum absolute atomic E-state index is 12.2. The van der Waals surface area contributed by atoms with Crippen molar-refractivity contribution >= 4 is 17.3 Å². The maximum atomic E-state index is 12.2. The molecule has 1 amide bonds. The van der Waals surface area contributed by atoms with Crippen LogP contribution in [0.15, 0.2) is 18.2 Å². The summed E-state index contributed by atoms with van der Waals surface area (Å²) in [5.41, 5.74) is 7.92. The quantitative estimate of drug-likeness (QED) is 0.824. The largest absolute Gasteiger partial charge is 0.399 e. The highest BCUT2D eigenvalue weighted by molar-refractivity contribution is 6.00. The molecule has 1 heterocycles. The summed E-state index contributed by atoms with van der Waals surface area (Å²) in [4.78, 5) is 13.7. The molecule has 0 bridgehead atoms. The Morgan fingerprint density at radius 3 is 2.85 bits per heavy atom. The molecule has 110 valence electrons. The van der Waals surface area contributed by atoms with Gasteiger partial charge in [0.15, 0.2) is 0 Å². The fourth-order valence-electron chi connectivity index (χ4n) is 2.42. The van der Waals surface area contributed by atoms with E-state index in [0.29, 0.717) is 17.2 Å². The number of rotatable bonds is 4. The Bertz CT molecular complexity index is 488. The van der Waals surface area contributed by atoms with E-state index >= 15 is 0 Å². The van der Waals surface area contributed by atoms with Gasteiger partial charge in [-0.05, 0) is 31.5 Å². The third-order valence-corrected chi connectivity index (χ3v) is 3.77. The summed E-state index contributed by atoms with van der Waals surface area (Å²) < 4.78 is 5.55. The van der Waals surface area contributed by atoms with Gasteiger partial charge in [-0.3, -0.25) is 4.79 Å². The molecule has 1 aromatic rings. The smallest absolute Gasteiger partial charge is 0.255 e. The van der Waals surface area contributed by atoms with Gasteiger partial charge in [-0.15, -0.1) is 0 Å². The standard InChI is InChI=1S/C15H23N3O2/c1-10-11(6-7-20-10)9-17-14-8-12(16)4-5-13(14)15(19)18(2)3/h4-5,8,10-11,17H,6-7,9,16H2,1-3H3. The number of hydrogen-bond acceptors (Lipinski definition) is 4. The summed E-state index contributed by atoms with van der Waals surface area (Å²) in [6.07, 6.45) is 1.31. The van der Waals surface area contributed by atoms with Crippen molar-refractivity contribution in [2.75, 3.05) is 38.3 Å². The highest BCUT2D eigenvalue weighted by Gasteiger charge is 2.24. The Hall–Kier alpha value is -1.75. The van der Waals surface area contributed by atoms with Crippen molar-refractivity contribution in [2.24, 2.45) is 5.92 Å². The molecule has 1 aliphatic rings. The Kier molecular flexibility index (Phi) is 4.49. The lowest BCUT2D eigenvalue weighted by Gasteiger charge is -2.19. The topological polar surface area (TPSA) is 67.6 Å². The van der Waals surface area contributed by atoms with Gasteiger partial charge >= 0.3 is 0 Å². The Morgan fingerprint density at radius 2 is 2.25 bits per heavy atom. The van der Waals surface area contributed by atoms with E-state index < -0.39 is 0 Å². The molecule has 0 spiro atoms. The number of nitrogen functional groups attached to an aromatic ring is 1. The number of hydrogen-bond donors (Lipinski definition) is 2. The van der Waals surface area contributed by atoms with Crippen LogP contribution in [0.3, 0.4) is 0 Å². The summed E-state index contributed by atoms with van der Waals surface area (Å²) >= 11 is 0. The van der Waals surface area contributed by atoms with E-state index in [1.165, 1.54) is 0 Å². The summed E-state index contributed by atoms with van der Waals surface area (Å²) in [6, 6.07) is 5.34. The van der Waals surface area contributed by atoms with Crippen LogP contribution in [0.2, 0.25) is 0 Å². The van der Waals surface area contributed by atoms with Crippen molar-refractivity contribution in [1.82, 2.24) is 4.90 Å². The number of nitrogens with two attached hydrogens (primary N) is 1. The second-order valence-corrected chi connectivity index (χ2v) is 5.51. The molecule has 20 heavy (non-hydrogen) atoms. The maximum Gasteiger partial charge on any atom is 0.255 e. The number of benzene rings is 1. The van der Waals surface area contributed by atoms with Crippen molar-refractivity contribution in [3.8, 4) is 0 Å². The van der Waals surface area contributed by atoms with Gasteiger partial charge in [0.25, 0.3) is 5.91 Å². The predicted molar refractivity (Wildman–Crippen MR) is 80.9 cm³/mol. The van der Waals surface area contributed by atoms with Gasteiger partial charge in [0.1, 0.15) is 0 Å². The molecule has 5 nitrogen and oxygen atoms in total. The van der Waals surface area contributed by atoms with E-state index in [0.717, 1.165) is 25.3 Å². The fourth-order valence-corrected chi connectivity index (χ4v) is 2.42. The highest BCUT2D eigenvalue weighted by atomic mass is 16.5. The summed E-state index contributed by atoms with van der Waals surface area (Å²) in [5.74, 6) is 0.446. The molecule has 1 saturated heterocycles. The predicted octanol–water partition coefficient (Wildman–Crippen LogP) is 1.81. The molecule has 2 rings (SSSR count). The molecule has 1 fully saturated rings. The van der Waals surface area contributed by atoms with Crippen molar-refractivity contribution in [3.63, 3.8) is 0 Å². The van der Waals surface area contributed by atoms with Crippen LogP contribution in [0.4, 0.5) is 11.4 Å². The van der Waals surface area contributed by atoms with Crippen molar-refractivity contribution in [2.45, 2.75) is 19.4 Å². The number of anilines is 2. The van der Waals surface area contributed by atoms with Crippen molar-refractivity contribution < 1.29 is 9.53 Å². The van der Waals surface area contributed by atoms with Crippen molar-refractivity contribution in [3.05, 3.63) is 23.8 Å². The molecular weight excluding hydrogens is 254 g/mol.